The Bertz CT molecular complexity index is 467. The molecule has 0 fully saturated rings. The average molecular weight is 217 g/mol. The van der Waals surface area contributed by atoms with E-state index in [0.29, 0.717) is 11.1 Å². The van der Waals surface area contributed by atoms with E-state index in [2.05, 4.69) is 6.58 Å². The Labute approximate surface area is 93.1 Å². The number of methoxy groups -OCH3 is 1. The highest BCUT2D eigenvalue weighted by Gasteiger charge is 2.39. The highest BCUT2D eigenvalue weighted by Crippen LogP contribution is 2.33. The predicted molar refractivity (Wildman–Crippen MR) is 57.6 cm³/mol. The lowest BCUT2D eigenvalue weighted by Gasteiger charge is -2.20. The quantitative estimate of drug-likeness (QED) is 0.705. The Morgan fingerprint density at radius 3 is 2.81 bits per heavy atom. The highest BCUT2D eigenvalue weighted by molar-refractivity contribution is 6.11. The molecule has 1 heterocycles. The summed E-state index contributed by atoms with van der Waals surface area (Å²) in [4.78, 5) is 24.6. The fourth-order valence-corrected chi connectivity index (χ4v) is 1.83. The zero-order valence-corrected chi connectivity index (χ0v) is 8.84. The van der Waals surface area contributed by atoms with E-state index in [9.17, 15) is 9.59 Å². The Kier molecular flexibility index (Phi) is 2.58. The smallest absolute Gasteiger partial charge is 0.263 e. The number of carbonyl (C=O) groups is 2. The van der Waals surface area contributed by atoms with Crippen LogP contribution in [-0.2, 0) is 9.53 Å². The summed E-state index contributed by atoms with van der Waals surface area (Å²) in [5.74, 6) is -0.791. The van der Waals surface area contributed by atoms with Gasteiger partial charge in [-0.25, -0.2) is 4.90 Å². The number of fused-ring (bicyclic) bond motifs is 1. The van der Waals surface area contributed by atoms with E-state index in [1.807, 2.05) is 0 Å². The van der Waals surface area contributed by atoms with Crippen molar-refractivity contribution in [2.45, 2.75) is 6.23 Å². The summed E-state index contributed by atoms with van der Waals surface area (Å²) < 4.78 is 5.18. The lowest BCUT2D eigenvalue weighted by molar-refractivity contribution is -0.132. The second kappa shape index (κ2) is 3.90. The molecule has 1 aliphatic heterocycles. The van der Waals surface area contributed by atoms with Crippen LogP contribution in [0.5, 0.6) is 0 Å². The van der Waals surface area contributed by atoms with Gasteiger partial charge in [0.2, 0.25) is 0 Å². The normalized spacial score (nSPS) is 18.4. The molecule has 4 heteroatoms. The fraction of sp³-hybridized carbons (Fsp3) is 0.167. The number of benzene rings is 1. The van der Waals surface area contributed by atoms with Crippen LogP contribution in [-0.4, -0.2) is 23.8 Å². The van der Waals surface area contributed by atoms with Crippen LogP contribution in [0.25, 0.3) is 0 Å². The minimum atomic E-state index is -0.644. The van der Waals surface area contributed by atoms with Gasteiger partial charge < -0.3 is 4.74 Å². The number of hydrogen-bond acceptors (Lipinski definition) is 3. The Balaban J connectivity index is 2.51. The maximum atomic E-state index is 11.9. The lowest BCUT2D eigenvalue weighted by Crippen LogP contribution is -2.33. The number of amides is 2. The minimum Gasteiger partial charge on any atom is -0.357 e. The van der Waals surface area contributed by atoms with Gasteiger partial charge in [0.25, 0.3) is 11.8 Å². The van der Waals surface area contributed by atoms with Gasteiger partial charge in [-0.15, -0.1) is 0 Å². The molecule has 0 N–H and O–H groups in total. The molecule has 0 radical (unpaired) electrons. The molecular formula is C12H11NO3. The van der Waals surface area contributed by atoms with Gasteiger partial charge in [0.1, 0.15) is 0 Å². The SMILES string of the molecule is C=CC(=O)N1C(=O)c2ccccc2C1OC. The topological polar surface area (TPSA) is 46.6 Å². The minimum absolute atomic E-state index is 0.340. The number of hydrogen-bond donors (Lipinski definition) is 0. The van der Waals surface area contributed by atoms with E-state index >= 15 is 0 Å². The summed E-state index contributed by atoms with van der Waals surface area (Å²) in [6.07, 6.45) is 0.463. The standard InChI is InChI=1S/C12H11NO3/c1-3-10(14)13-11(15)8-6-4-5-7-9(8)12(13)16-2/h3-7,12H,1H2,2H3. The van der Waals surface area contributed by atoms with Crippen molar-refractivity contribution in [3.8, 4) is 0 Å². The lowest BCUT2D eigenvalue weighted by atomic mass is 10.1. The number of rotatable bonds is 2. The van der Waals surface area contributed by atoms with Gasteiger partial charge >= 0.3 is 0 Å². The molecule has 82 valence electrons. The molecule has 1 atom stereocenters. The van der Waals surface area contributed by atoms with Crippen molar-refractivity contribution in [3.63, 3.8) is 0 Å². The molecule has 2 rings (SSSR count). The molecule has 4 nitrogen and oxygen atoms in total. The van der Waals surface area contributed by atoms with E-state index in [-0.39, 0.29) is 5.91 Å². The molecule has 1 aromatic carbocycles. The molecule has 0 aliphatic carbocycles. The van der Waals surface area contributed by atoms with Crippen LogP contribution < -0.4 is 0 Å². The summed E-state index contributed by atoms with van der Waals surface area (Å²) >= 11 is 0. The number of ether oxygens (including phenoxy) is 1. The first-order valence-corrected chi connectivity index (χ1v) is 4.82. The first-order chi connectivity index (χ1) is 7.70. The van der Waals surface area contributed by atoms with Crippen LogP contribution in [0, 0.1) is 0 Å². The molecule has 0 saturated heterocycles. The van der Waals surface area contributed by atoms with Crippen molar-refractivity contribution in [3.05, 3.63) is 48.0 Å². The van der Waals surface area contributed by atoms with Crippen molar-refractivity contribution >= 4 is 11.8 Å². The van der Waals surface area contributed by atoms with E-state index in [1.165, 1.54) is 7.11 Å². The molecular weight excluding hydrogens is 206 g/mol. The molecule has 0 spiro atoms. The monoisotopic (exact) mass is 217 g/mol. The Hall–Kier alpha value is -1.94. The molecule has 1 aliphatic rings. The first kappa shape index (κ1) is 10.6. The van der Waals surface area contributed by atoms with E-state index in [4.69, 9.17) is 4.74 Å². The van der Waals surface area contributed by atoms with Crippen molar-refractivity contribution in [1.29, 1.82) is 0 Å². The van der Waals surface area contributed by atoms with Gasteiger partial charge in [-0.3, -0.25) is 9.59 Å². The number of carbonyl (C=O) groups excluding carboxylic acids is 2. The van der Waals surface area contributed by atoms with Crippen LogP contribution in [0.4, 0.5) is 0 Å². The highest BCUT2D eigenvalue weighted by atomic mass is 16.5. The third-order valence-electron chi connectivity index (χ3n) is 2.55. The van der Waals surface area contributed by atoms with E-state index < -0.39 is 12.1 Å². The zero-order valence-electron chi connectivity index (χ0n) is 8.84. The van der Waals surface area contributed by atoms with Crippen LogP contribution >= 0.6 is 0 Å². The first-order valence-electron chi connectivity index (χ1n) is 4.82. The summed E-state index contributed by atoms with van der Waals surface area (Å²) in [5, 5.41) is 0. The predicted octanol–water partition coefficient (Wildman–Crippen LogP) is 1.50. The van der Waals surface area contributed by atoms with Crippen molar-refractivity contribution in [2.24, 2.45) is 0 Å². The second-order valence-corrected chi connectivity index (χ2v) is 3.39. The molecule has 1 unspecified atom stereocenters. The summed E-state index contributed by atoms with van der Waals surface area (Å²) in [7, 11) is 1.46. The van der Waals surface area contributed by atoms with Gasteiger partial charge in [-0.1, -0.05) is 24.8 Å². The molecule has 1 aromatic rings. The van der Waals surface area contributed by atoms with Crippen molar-refractivity contribution in [2.75, 3.05) is 7.11 Å². The van der Waals surface area contributed by atoms with Crippen LogP contribution in [0.2, 0.25) is 0 Å². The fourth-order valence-electron chi connectivity index (χ4n) is 1.83. The second-order valence-electron chi connectivity index (χ2n) is 3.39. The van der Waals surface area contributed by atoms with Gasteiger partial charge in [0.05, 0.1) is 0 Å². The van der Waals surface area contributed by atoms with Crippen LogP contribution in [0.1, 0.15) is 22.1 Å². The van der Waals surface area contributed by atoms with E-state index in [1.54, 1.807) is 24.3 Å². The molecule has 2 amide bonds. The average Bonchev–Trinajstić information content (AvgIpc) is 2.62. The largest absolute Gasteiger partial charge is 0.357 e. The zero-order chi connectivity index (χ0) is 11.7. The maximum Gasteiger partial charge on any atom is 0.263 e. The molecule has 0 saturated carbocycles. The summed E-state index contributed by atoms with van der Waals surface area (Å²) in [5.41, 5.74) is 1.22. The maximum absolute atomic E-state index is 11.9. The van der Waals surface area contributed by atoms with Gasteiger partial charge in [0.15, 0.2) is 6.23 Å². The Morgan fingerprint density at radius 1 is 1.50 bits per heavy atom. The number of nitrogens with zero attached hydrogens (tertiary/aromatic N) is 1. The third-order valence-corrected chi connectivity index (χ3v) is 2.55. The Morgan fingerprint density at radius 2 is 2.19 bits per heavy atom. The third kappa shape index (κ3) is 1.35. The van der Waals surface area contributed by atoms with Gasteiger partial charge in [-0.05, 0) is 12.1 Å². The van der Waals surface area contributed by atoms with Gasteiger partial charge in [0, 0.05) is 18.2 Å². The van der Waals surface area contributed by atoms with Crippen molar-refractivity contribution < 1.29 is 14.3 Å². The molecule has 16 heavy (non-hydrogen) atoms. The van der Waals surface area contributed by atoms with E-state index in [0.717, 1.165) is 11.0 Å². The molecule has 0 bridgehead atoms. The van der Waals surface area contributed by atoms with Crippen LogP contribution in [0.15, 0.2) is 36.9 Å². The summed E-state index contributed by atoms with van der Waals surface area (Å²) in [6.45, 7) is 3.37. The molecule has 0 aromatic heterocycles. The summed E-state index contributed by atoms with van der Waals surface area (Å²) in [6, 6.07) is 7.02. The number of imide groups is 1. The van der Waals surface area contributed by atoms with Crippen molar-refractivity contribution in [1.82, 2.24) is 4.90 Å². The van der Waals surface area contributed by atoms with Gasteiger partial charge in [-0.2, -0.15) is 0 Å². The van der Waals surface area contributed by atoms with Crippen LogP contribution in [0.3, 0.4) is 0 Å².